The standard InChI is InChI=1S/C16H16F4N2O3S/c17-8-1-2-13-9(5-8)12(3-4-26-13)21-15(25)22-6-10(14(23)24)11(7-22)16(18,19)20/h1-2,5,10-12H,3-4,6-7H2,(H,21,25)(H,23,24)/t10-,11-,12?/m1/s1. The van der Waals surface area contributed by atoms with Crippen molar-refractivity contribution in [1.82, 2.24) is 10.2 Å². The lowest BCUT2D eigenvalue weighted by molar-refractivity contribution is -0.187. The van der Waals surface area contributed by atoms with Crippen molar-refractivity contribution in [2.75, 3.05) is 18.8 Å². The highest BCUT2D eigenvalue weighted by molar-refractivity contribution is 7.99. The second-order valence-electron chi connectivity index (χ2n) is 6.32. The van der Waals surface area contributed by atoms with Crippen molar-refractivity contribution in [2.45, 2.75) is 23.5 Å². The third-order valence-corrected chi connectivity index (χ3v) is 5.78. The quantitative estimate of drug-likeness (QED) is 0.758. The van der Waals surface area contributed by atoms with Crippen molar-refractivity contribution in [3.05, 3.63) is 29.6 Å². The molecular formula is C16H16F4N2O3S. The Hall–Kier alpha value is -1.97. The number of nitrogens with one attached hydrogen (secondary N) is 1. The predicted octanol–water partition coefficient (Wildman–Crippen LogP) is 3.27. The minimum absolute atomic E-state index is 0.463. The van der Waals surface area contributed by atoms with E-state index in [1.54, 1.807) is 6.07 Å². The summed E-state index contributed by atoms with van der Waals surface area (Å²) in [6.07, 6.45) is -4.19. The fraction of sp³-hybridized carbons (Fsp3) is 0.500. The fourth-order valence-corrected chi connectivity index (χ4v) is 4.41. The van der Waals surface area contributed by atoms with Crippen LogP contribution in [0, 0.1) is 17.7 Å². The molecule has 3 rings (SSSR count). The lowest BCUT2D eigenvalue weighted by atomic mass is 9.96. The molecule has 0 saturated carbocycles. The second-order valence-corrected chi connectivity index (χ2v) is 7.46. The minimum Gasteiger partial charge on any atom is -0.481 e. The summed E-state index contributed by atoms with van der Waals surface area (Å²) in [5.41, 5.74) is 0.580. The molecule has 26 heavy (non-hydrogen) atoms. The summed E-state index contributed by atoms with van der Waals surface area (Å²) < 4.78 is 52.6. The molecule has 2 heterocycles. The maximum atomic E-state index is 13.5. The minimum atomic E-state index is -4.70. The Morgan fingerprint density at radius 2 is 2.00 bits per heavy atom. The number of benzene rings is 1. The first-order valence-electron chi connectivity index (χ1n) is 7.94. The SMILES string of the molecule is O=C(O)[C@@H]1CN(C(=O)NC2CCSc3ccc(F)cc32)C[C@H]1C(F)(F)F. The number of amides is 2. The normalized spacial score (nSPS) is 25.7. The van der Waals surface area contributed by atoms with Crippen LogP contribution in [0.2, 0.25) is 0 Å². The maximum absolute atomic E-state index is 13.5. The summed E-state index contributed by atoms with van der Waals surface area (Å²) in [5, 5.41) is 11.6. The van der Waals surface area contributed by atoms with Gasteiger partial charge in [0.1, 0.15) is 5.82 Å². The molecule has 3 atom stereocenters. The number of alkyl halides is 3. The highest BCUT2D eigenvalue weighted by Crippen LogP contribution is 2.39. The summed E-state index contributed by atoms with van der Waals surface area (Å²) in [4.78, 5) is 25.2. The first-order valence-corrected chi connectivity index (χ1v) is 8.92. The Morgan fingerprint density at radius 1 is 1.27 bits per heavy atom. The van der Waals surface area contributed by atoms with E-state index >= 15 is 0 Å². The predicted molar refractivity (Wildman–Crippen MR) is 85.3 cm³/mol. The van der Waals surface area contributed by atoms with Crippen molar-refractivity contribution in [2.24, 2.45) is 11.8 Å². The zero-order valence-corrected chi connectivity index (χ0v) is 14.2. The zero-order chi connectivity index (χ0) is 19.1. The maximum Gasteiger partial charge on any atom is 0.394 e. The van der Waals surface area contributed by atoms with Gasteiger partial charge < -0.3 is 15.3 Å². The molecule has 1 fully saturated rings. The van der Waals surface area contributed by atoms with Crippen LogP contribution in [-0.2, 0) is 4.79 Å². The third-order valence-electron chi connectivity index (χ3n) is 4.65. The molecule has 0 spiro atoms. The van der Waals surface area contributed by atoms with Gasteiger partial charge in [0.25, 0.3) is 0 Å². The number of urea groups is 1. The van der Waals surface area contributed by atoms with Gasteiger partial charge in [0.2, 0.25) is 0 Å². The van der Waals surface area contributed by atoms with Crippen molar-refractivity contribution in [3.63, 3.8) is 0 Å². The monoisotopic (exact) mass is 392 g/mol. The van der Waals surface area contributed by atoms with Crippen LogP contribution in [0.5, 0.6) is 0 Å². The van der Waals surface area contributed by atoms with E-state index in [1.807, 2.05) is 0 Å². The molecule has 1 aromatic rings. The van der Waals surface area contributed by atoms with E-state index in [0.29, 0.717) is 17.7 Å². The van der Waals surface area contributed by atoms with E-state index in [4.69, 9.17) is 5.11 Å². The Bertz CT molecular complexity index is 728. The molecule has 2 N–H and O–H groups in total. The van der Waals surface area contributed by atoms with Crippen LogP contribution in [0.4, 0.5) is 22.4 Å². The summed E-state index contributed by atoms with van der Waals surface area (Å²) in [7, 11) is 0. The van der Waals surface area contributed by atoms with E-state index in [9.17, 15) is 27.2 Å². The number of aliphatic carboxylic acids is 1. The largest absolute Gasteiger partial charge is 0.481 e. The summed E-state index contributed by atoms with van der Waals surface area (Å²) in [6, 6.07) is 2.92. The van der Waals surface area contributed by atoms with Gasteiger partial charge in [0.05, 0.1) is 17.9 Å². The van der Waals surface area contributed by atoms with Crippen LogP contribution < -0.4 is 5.32 Å². The molecule has 10 heteroatoms. The molecule has 142 valence electrons. The Balaban J connectivity index is 1.74. The number of fused-ring (bicyclic) bond motifs is 1. The highest BCUT2D eigenvalue weighted by Gasteiger charge is 2.53. The first kappa shape index (κ1) is 18.8. The van der Waals surface area contributed by atoms with Gasteiger partial charge in [-0.1, -0.05) is 0 Å². The number of hydrogen-bond donors (Lipinski definition) is 2. The van der Waals surface area contributed by atoms with Crippen molar-refractivity contribution >= 4 is 23.8 Å². The van der Waals surface area contributed by atoms with Crippen LogP contribution in [0.25, 0.3) is 0 Å². The second kappa shape index (κ2) is 6.98. The molecule has 5 nitrogen and oxygen atoms in total. The third kappa shape index (κ3) is 3.74. The Morgan fingerprint density at radius 3 is 2.62 bits per heavy atom. The number of halogens is 4. The average Bonchev–Trinajstić information content (AvgIpc) is 3.01. The number of carbonyl (C=O) groups excluding carboxylic acids is 1. The molecule has 0 aromatic heterocycles. The molecular weight excluding hydrogens is 376 g/mol. The van der Waals surface area contributed by atoms with Gasteiger partial charge in [0.15, 0.2) is 0 Å². The number of nitrogens with zero attached hydrogens (tertiary/aromatic N) is 1. The molecule has 0 bridgehead atoms. The molecule has 2 aliphatic rings. The number of carboxylic acids is 1. The van der Waals surface area contributed by atoms with Gasteiger partial charge in [-0.2, -0.15) is 13.2 Å². The van der Waals surface area contributed by atoms with E-state index in [1.165, 1.54) is 23.9 Å². The highest BCUT2D eigenvalue weighted by atomic mass is 32.2. The van der Waals surface area contributed by atoms with Gasteiger partial charge in [0, 0.05) is 23.7 Å². The topological polar surface area (TPSA) is 69.6 Å². The number of hydrogen-bond acceptors (Lipinski definition) is 3. The van der Waals surface area contributed by atoms with Crippen LogP contribution in [0.3, 0.4) is 0 Å². The van der Waals surface area contributed by atoms with E-state index < -0.39 is 55.0 Å². The molecule has 2 amide bonds. The lowest BCUT2D eigenvalue weighted by Crippen LogP contribution is -2.42. The molecule has 2 aliphatic heterocycles. The van der Waals surface area contributed by atoms with Crippen molar-refractivity contribution in [3.8, 4) is 0 Å². The van der Waals surface area contributed by atoms with Crippen LogP contribution in [0.1, 0.15) is 18.0 Å². The molecule has 0 radical (unpaired) electrons. The Kier molecular flexibility index (Phi) is 5.05. The Labute approximate surface area is 150 Å². The molecule has 1 unspecified atom stereocenters. The fourth-order valence-electron chi connectivity index (χ4n) is 3.31. The van der Waals surface area contributed by atoms with Gasteiger partial charge in [-0.25, -0.2) is 9.18 Å². The number of thioether (sulfide) groups is 1. The van der Waals surface area contributed by atoms with Crippen molar-refractivity contribution in [1.29, 1.82) is 0 Å². The number of likely N-dealkylation sites (tertiary alicyclic amines) is 1. The molecule has 1 aromatic carbocycles. The smallest absolute Gasteiger partial charge is 0.394 e. The van der Waals surface area contributed by atoms with Crippen LogP contribution in [0.15, 0.2) is 23.1 Å². The number of carbonyl (C=O) groups is 2. The molecule has 0 aliphatic carbocycles. The number of carboxylic acid groups (broad SMARTS) is 1. The summed E-state index contributed by atoms with van der Waals surface area (Å²) in [5.74, 6) is -5.16. The van der Waals surface area contributed by atoms with Crippen LogP contribution >= 0.6 is 11.8 Å². The first-order chi connectivity index (χ1) is 12.2. The van der Waals surface area contributed by atoms with E-state index in [-0.39, 0.29) is 0 Å². The molecule has 1 saturated heterocycles. The number of rotatable bonds is 2. The average molecular weight is 392 g/mol. The van der Waals surface area contributed by atoms with Crippen molar-refractivity contribution < 1.29 is 32.3 Å². The summed E-state index contributed by atoms with van der Waals surface area (Å²) >= 11 is 1.51. The van der Waals surface area contributed by atoms with Gasteiger partial charge in [-0.3, -0.25) is 4.79 Å². The van der Waals surface area contributed by atoms with Gasteiger partial charge in [-0.15, -0.1) is 11.8 Å². The van der Waals surface area contributed by atoms with Crippen LogP contribution in [-0.4, -0.2) is 47.0 Å². The van der Waals surface area contributed by atoms with Gasteiger partial charge >= 0.3 is 18.2 Å². The lowest BCUT2D eigenvalue weighted by Gasteiger charge is -2.28. The van der Waals surface area contributed by atoms with Gasteiger partial charge in [-0.05, 0) is 30.2 Å². The zero-order valence-electron chi connectivity index (χ0n) is 13.4. The van der Waals surface area contributed by atoms with E-state index in [0.717, 1.165) is 9.80 Å². The van der Waals surface area contributed by atoms with E-state index in [2.05, 4.69) is 5.32 Å². The summed E-state index contributed by atoms with van der Waals surface area (Å²) in [6.45, 7) is -1.22.